The molecule has 0 aromatic rings. The summed E-state index contributed by atoms with van der Waals surface area (Å²) in [5, 5.41) is 12.0. The van der Waals surface area contributed by atoms with Crippen LogP contribution in [-0.2, 0) is 38.1 Å². The summed E-state index contributed by atoms with van der Waals surface area (Å²) < 4.78 is 27.7. The van der Waals surface area contributed by atoms with E-state index >= 15 is 19.2 Å². The Morgan fingerprint density at radius 2 is 0.510 bits per heavy atom. The van der Waals surface area contributed by atoms with Crippen LogP contribution in [0, 0.1) is 34.5 Å². The van der Waals surface area contributed by atoms with E-state index in [1.165, 1.54) is 180 Å². The zero-order valence-electron chi connectivity index (χ0n) is 68.0. The van der Waals surface area contributed by atoms with Gasteiger partial charge in [-0.15, -0.1) is 0 Å². The third-order valence-corrected chi connectivity index (χ3v) is 23.0. The van der Waals surface area contributed by atoms with Crippen molar-refractivity contribution < 1.29 is 38.1 Å². The van der Waals surface area contributed by atoms with Crippen LogP contribution in [-0.4, -0.2) is 83.5 Å². The summed E-state index contributed by atoms with van der Waals surface area (Å²) in [6.07, 6.45) is 53.6. The molecule has 576 valence electrons. The summed E-state index contributed by atoms with van der Waals surface area (Å²) >= 11 is 0. The molecule has 3 aliphatic heterocycles. The molecule has 11 heteroatoms. The molecule has 3 N–H and O–H groups in total. The molecule has 3 rings (SSSR count). The van der Waals surface area contributed by atoms with Crippen LogP contribution in [0.15, 0.2) is 0 Å². The number of esters is 4. The van der Waals surface area contributed by atoms with Crippen LogP contribution in [0.4, 0.5) is 0 Å². The number of carbonyl (C=O) groups excluding carboxylic acids is 4. The molecule has 98 heavy (non-hydrogen) atoms. The van der Waals surface area contributed by atoms with Crippen LogP contribution in [0.5, 0.6) is 0 Å². The topological polar surface area (TPSA) is 141 Å². The Balaban J connectivity index is 2.43. The number of nitrogens with one attached hydrogen (secondary N) is 3. The second-order valence-electron chi connectivity index (χ2n) is 36.3. The van der Waals surface area contributed by atoms with E-state index in [1.54, 1.807) is 0 Å². The number of carbonyl (C=O) groups is 4. The van der Waals surface area contributed by atoms with Gasteiger partial charge in [-0.25, -0.2) is 0 Å². The SMILES string of the molecule is CCCCCCCCCCCCCOC(=O)CC(C(=O)OCCCCCCCCCCCCC)C(C(=O)OCCCCCCCCCCCCC)(C1CC(C)(C)NC(C)(C)C1)C(C(=O)OCCCCCCCCCCCCC)(C1CC(C)(C)NC(C)(C)C1)C1CC(C)(C)NC(C)(C)C1. The van der Waals surface area contributed by atoms with Crippen molar-refractivity contribution in [3.63, 3.8) is 0 Å². The molecule has 2 unspecified atom stereocenters. The van der Waals surface area contributed by atoms with Crippen LogP contribution >= 0.6 is 0 Å². The maximum absolute atomic E-state index is 17.9. The third kappa shape index (κ3) is 33.7. The smallest absolute Gasteiger partial charge is 0.314 e. The number of piperidine rings is 3. The Labute approximate surface area is 607 Å². The Morgan fingerprint density at radius 1 is 0.296 bits per heavy atom. The van der Waals surface area contributed by atoms with Crippen molar-refractivity contribution in [2.45, 2.75) is 471 Å². The van der Waals surface area contributed by atoms with Gasteiger partial charge in [0, 0.05) is 33.2 Å². The van der Waals surface area contributed by atoms with Gasteiger partial charge < -0.3 is 34.9 Å². The summed E-state index contributed by atoms with van der Waals surface area (Å²) in [6.45, 7) is 36.6. The summed E-state index contributed by atoms with van der Waals surface area (Å²) in [6, 6.07) is 0. The molecule has 0 aromatic carbocycles. The van der Waals surface area contributed by atoms with Crippen molar-refractivity contribution in [3.8, 4) is 0 Å². The van der Waals surface area contributed by atoms with Crippen molar-refractivity contribution in [3.05, 3.63) is 0 Å². The van der Waals surface area contributed by atoms with Crippen LogP contribution in [0.3, 0.4) is 0 Å². The highest BCUT2D eigenvalue weighted by atomic mass is 16.6. The average Bonchev–Trinajstić information content (AvgIpc) is 0.677. The first-order valence-electron chi connectivity index (χ1n) is 42.6. The van der Waals surface area contributed by atoms with Crippen molar-refractivity contribution in [2.75, 3.05) is 26.4 Å². The van der Waals surface area contributed by atoms with E-state index in [-0.39, 0.29) is 26.4 Å². The van der Waals surface area contributed by atoms with Gasteiger partial charge in [-0.3, -0.25) is 19.2 Å². The fourth-order valence-corrected chi connectivity index (χ4v) is 19.6. The number of unbranched alkanes of at least 4 members (excludes halogenated alkanes) is 40. The Bertz CT molecular complexity index is 2030. The van der Waals surface area contributed by atoms with Gasteiger partial charge in [-0.2, -0.15) is 0 Å². The molecule has 3 aliphatic rings. The van der Waals surface area contributed by atoms with E-state index in [9.17, 15) is 0 Å². The van der Waals surface area contributed by atoms with E-state index < -0.39 is 98.0 Å². The van der Waals surface area contributed by atoms with E-state index in [0.717, 1.165) is 77.0 Å². The minimum atomic E-state index is -1.97. The van der Waals surface area contributed by atoms with Crippen LogP contribution in [0.25, 0.3) is 0 Å². The van der Waals surface area contributed by atoms with Crippen LogP contribution in [0.2, 0.25) is 0 Å². The maximum atomic E-state index is 17.9. The van der Waals surface area contributed by atoms with Crippen molar-refractivity contribution in [1.82, 2.24) is 16.0 Å². The van der Waals surface area contributed by atoms with Gasteiger partial charge in [0.05, 0.1) is 44.2 Å². The number of hydrogen-bond donors (Lipinski definition) is 3. The molecule has 0 bridgehead atoms. The quantitative estimate of drug-likeness (QED) is 0.0304. The van der Waals surface area contributed by atoms with Gasteiger partial charge in [-0.1, -0.05) is 285 Å². The average molecular weight is 1380 g/mol. The van der Waals surface area contributed by atoms with Crippen LogP contribution < -0.4 is 16.0 Å². The van der Waals surface area contributed by atoms with Crippen molar-refractivity contribution in [2.24, 2.45) is 34.5 Å². The highest BCUT2D eigenvalue weighted by Gasteiger charge is 2.78. The molecular weight excluding hydrogens is 1210 g/mol. The zero-order valence-corrected chi connectivity index (χ0v) is 68.0. The lowest BCUT2D eigenvalue weighted by Crippen LogP contribution is -2.75. The Morgan fingerprint density at radius 3 is 0.776 bits per heavy atom. The van der Waals surface area contributed by atoms with Crippen molar-refractivity contribution in [1.29, 1.82) is 0 Å². The van der Waals surface area contributed by atoms with Gasteiger partial charge in [0.25, 0.3) is 0 Å². The van der Waals surface area contributed by atoms with E-state index in [4.69, 9.17) is 18.9 Å². The maximum Gasteiger partial charge on any atom is 0.314 e. The fourth-order valence-electron chi connectivity index (χ4n) is 19.6. The standard InChI is InChI=1S/C87H165N3O8/c1-17-21-25-29-33-37-41-45-49-53-57-61-95-76(91)65-75(77(92)96-62-58-54-50-46-42-38-34-30-26-22-18-2)87(74-70-84(13,14)90-85(15,16)71-74,79(94)98-64-60-56-52-48-44-40-36-32-28-24-20-4)86(72-66-80(5,6)88-81(7,8)67-72,73-68-82(9,10)89-83(11,12)69-73)78(93)97-63-59-55-51-47-43-39-35-31-27-23-19-3/h72-75,88-90H,17-71H2,1-16H3. The molecule has 3 saturated heterocycles. The second-order valence-corrected chi connectivity index (χ2v) is 36.3. The summed E-state index contributed by atoms with van der Waals surface area (Å²) in [5.41, 5.74) is -6.87. The minimum absolute atomic E-state index is 0.148. The molecule has 0 radical (unpaired) electrons. The lowest BCUT2D eigenvalue weighted by molar-refractivity contribution is -0.235. The molecule has 0 saturated carbocycles. The number of rotatable bonds is 58. The zero-order chi connectivity index (χ0) is 72.5. The predicted molar refractivity (Wildman–Crippen MR) is 415 cm³/mol. The van der Waals surface area contributed by atoms with Gasteiger partial charge in [0.2, 0.25) is 0 Å². The first-order chi connectivity index (χ1) is 46.6. The van der Waals surface area contributed by atoms with Gasteiger partial charge in [0.1, 0.15) is 5.41 Å². The van der Waals surface area contributed by atoms with E-state index in [1.807, 2.05) is 0 Å². The highest BCUT2D eigenvalue weighted by Crippen LogP contribution is 2.69. The van der Waals surface area contributed by atoms with Crippen LogP contribution in [0.1, 0.15) is 438 Å². The monoisotopic (exact) mass is 1380 g/mol. The Kier molecular flexibility index (Phi) is 44.1. The van der Waals surface area contributed by atoms with Crippen molar-refractivity contribution >= 4 is 23.9 Å². The predicted octanol–water partition coefficient (Wildman–Crippen LogP) is 24.1. The molecule has 2 atom stereocenters. The molecule has 0 amide bonds. The summed E-state index contributed by atoms with van der Waals surface area (Å²) in [5.74, 6) is -5.13. The van der Waals surface area contributed by atoms with Gasteiger partial charge in [-0.05, 0) is 165 Å². The molecule has 11 nitrogen and oxygen atoms in total. The first-order valence-corrected chi connectivity index (χ1v) is 42.6. The van der Waals surface area contributed by atoms with E-state index in [2.05, 4.69) is 127 Å². The van der Waals surface area contributed by atoms with Gasteiger partial charge >= 0.3 is 23.9 Å². The normalized spacial score (nSPS) is 19.4. The third-order valence-electron chi connectivity index (χ3n) is 23.0. The summed E-state index contributed by atoms with van der Waals surface area (Å²) in [4.78, 5) is 68.1. The fraction of sp³-hybridized carbons (Fsp3) is 0.954. The first kappa shape index (κ1) is 90.0. The van der Waals surface area contributed by atoms with E-state index in [0.29, 0.717) is 64.2 Å². The molecule has 3 heterocycles. The summed E-state index contributed by atoms with van der Waals surface area (Å²) in [7, 11) is 0. The molecule has 3 fully saturated rings. The minimum Gasteiger partial charge on any atom is -0.466 e. The lowest BCUT2D eigenvalue weighted by Gasteiger charge is -2.66. The molecule has 0 aliphatic carbocycles. The largest absolute Gasteiger partial charge is 0.466 e. The number of ether oxygens (including phenoxy) is 4. The Hall–Kier alpha value is -2.24. The number of hydrogen-bond acceptors (Lipinski definition) is 11. The lowest BCUT2D eigenvalue weighted by atomic mass is 9.38. The second kappa shape index (κ2) is 48.0. The molecule has 0 spiro atoms. The molecule has 0 aromatic heterocycles. The van der Waals surface area contributed by atoms with Gasteiger partial charge in [0.15, 0.2) is 0 Å². The highest BCUT2D eigenvalue weighted by molar-refractivity contribution is 5.95. The molecular formula is C87H165N3O8.